The van der Waals surface area contributed by atoms with Crippen molar-refractivity contribution in [3.8, 4) is 6.07 Å². The maximum atomic E-state index is 13.4. The number of carbonyl (C=O) groups is 1. The zero-order valence-corrected chi connectivity index (χ0v) is 14.2. The Morgan fingerprint density at radius 3 is 2.81 bits per heavy atom. The van der Waals surface area contributed by atoms with Gasteiger partial charge in [-0.15, -0.1) is 0 Å². The Morgan fingerprint density at radius 1 is 1.23 bits per heavy atom. The van der Waals surface area contributed by atoms with Gasteiger partial charge in [0.05, 0.1) is 29.5 Å². The zero-order valence-electron chi connectivity index (χ0n) is 13.4. The summed E-state index contributed by atoms with van der Waals surface area (Å²) in [5, 5.41) is 11.2. The van der Waals surface area contributed by atoms with Crippen LogP contribution in [0.3, 0.4) is 0 Å². The van der Waals surface area contributed by atoms with Crippen LogP contribution in [0.5, 0.6) is 0 Å². The standard InChI is InChI=1S/C19H12ClFN4O/c20-16-7-13(5-6-17(16)21)24-11-14(8-22)25(19(24)26)18-10-23-9-12-3-1-2-4-15(12)18/h1-7,9-10,14H,11H2/t14-/m1/s1. The number of amides is 2. The summed E-state index contributed by atoms with van der Waals surface area (Å²) in [6, 6.07) is 12.7. The number of pyridine rings is 1. The summed E-state index contributed by atoms with van der Waals surface area (Å²) in [5.41, 5.74) is 1.01. The smallest absolute Gasteiger partial charge is 0.291 e. The molecule has 0 unspecified atom stereocenters. The van der Waals surface area contributed by atoms with Gasteiger partial charge in [-0.05, 0) is 18.2 Å². The van der Waals surface area contributed by atoms with Crippen LogP contribution in [0.15, 0.2) is 54.9 Å². The van der Waals surface area contributed by atoms with Crippen molar-refractivity contribution in [2.45, 2.75) is 6.04 Å². The van der Waals surface area contributed by atoms with Crippen molar-refractivity contribution in [3.63, 3.8) is 0 Å². The Morgan fingerprint density at radius 2 is 2.04 bits per heavy atom. The zero-order chi connectivity index (χ0) is 18.3. The summed E-state index contributed by atoms with van der Waals surface area (Å²) in [6.07, 6.45) is 3.28. The Hall–Kier alpha value is -3.17. The predicted molar refractivity (Wildman–Crippen MR) is 97.8 cm³/mol. The number of aromatic nitrogens is 1. The first-order chi connectivity index (χ1) is 12.6. The summed E-state index contributed by atoms with van der Waals surface area (Å²) >= 11 is 5.84. The van der Waals surface area contributed by atoms with E-state index in [1.165, 1.54) is 28.0 Å². The average Bonchev–Trinajstić information content (AvgIpc) is 3.00. The molecule has 1 aromatic heterocycles. The first kappa shape index (κ1) is 16.3. The molecule has 4 rings (SSSR count). The number of urea groups is 1. The fourth-order valence-corrected chi connectivity index (χ4v) is 3.30. The van der Waals surface area contributed by atoms with Gasteiger partial charge < -0.3 is 0 Å². The molecule has 0 N–H and O–H groups in total. The normalized spacial score (nSPS) is 17.0. The maximum Gasteiger partial charge on any atom is 0.330 e. The fourth-order valence-electron chi connectivity index (χ4n) is 3.13. The molecule has 128 valence electrons. The van der Waals surface area contributed by atoms with Crippen molar-refractivity contribution in [3.05, 3.63) is 65.7 Å². The second-order valence-electron chi connectivity index (χ2n) is 5.89. The van der Waals surface area contributed by atoms with Crippen LogP contribution >= 0.6 is 11.6 Å². The third-order valence-corrected chi connectivity index (χ3v) is 4.66. The molecule has 26 heavy (non-hydrogen) atoms. The van der Waals surface area contributed by atoms with Crippen LogP contribution in [0.1, 0.15) is 0 Å². The minimum absolute atomic E-state index is 0.0749. The number of carbonyl (C=O) groups excluding carboxylic acids is 1. The highest BCUT2D eigenvalue weighted by Gasteiger charge is 2.40. The lowest BCUT2D eigenvalue weighted by atomic mass is 10.1. The lowest BCUT2D eigenvalue weighted by Crippen LogP contribution is -2.34. The van der Waals surface area contributed by atoms with Crippen molar-refractivity contribution in [1.29, 1.82) is 5.26 Å². The van der Waals surface area contributed by atoms with Gasteiger partial charge in [-0.25, -0.2) is 9.18 Å². The van der Waals surface area contributed by atoms with E-state index in [2.05, 4.69) is 11.1 Å². The van der Waals surface area contributed by atoms with Gasteiger partial charge in [0.25, 0.3) is 0 Å². The first-order valence-corrected chi connectivity index (χ1v) is 8.26. The third kappa shape index (κ3) is 2.54. The Bertz CT molecular complexity index is 1060. The molecule has 0 radical (unpaired) electrons. The highest BCUT2D eigenvalue weighted by atomic mass is 35.5. The molecular weight excluding hydrogens is 355 g/mol. The van der Waals surface area contributed by atoms with Gasteiger partial charge in [0.2, 0.25) is 0 Å². The van der Waals surface area contributed by atoms with Crippen molar-refractivity contribution in [2.24, 2.45) is 0 Å². The van der Waals surface area contributed by atoms with E-state index in [-0.39, 0.29) is 17.6 Å². The number of hydrogen-bond acceptors (Lipinski definition) is 3. The summed E-state index contributed by atoms with van der Waals surface area (Å²) in [4.78, 5) is 20.1. The van der Waals surface area contributed by atoms with Crippen LogP contribution in [0, 0.1) is 17.1 Å². The minimum atomic E-state index is -0.695. The largest absolute Gasteiger partial charge is 0.330 e. The molecule has 3 aromatic rings. The molecule has 1 aliphatic rings. The van der Waals surface area contributed by atoms with E-state index in [0.29, 0.717) is 11.4 Å². The molecule has 2 amide bonds. The van der Waals surface area contributed by atoms with Crippen molar-refractivity contribution >= 4 is 39.8 Å². The number of benzene rings is 2. The van der Waals surface area contributed by atoms with Crippen LogP contribution < -0.4 is 9.80 Å². The minimum Gasteiger partial charge on any atom is -0.291 e. The van der Waals surface area contributed by atoms with Crippen molar-refractivity contribution < 1.29 is 9.18 Å². The van der Waals surface area contributed by atoms with Gasteiger partial charge in [0.15, 0.2) is 0 Å². The van der Waals surface area contributed by atoms with Gasteiger partial charge in [0.1, 0.15) is 11.9 Å². The van der Waals surface area contributed by atoms with Crippen molar-refractivity contribution in [1.82, 2.24) is 4.98 Å². The Balaban J connectivity index is 1.80. The number of nitrogens with zero attached hydrogens (tertiary/aromatic N) is 4. The van der Waals surface area contributed by atoms with Gasteiger partial charge in [-0.1, -0.05) is 35.9 Å². The molecule has 1 aliphatic heterocycles. The lowest BCUT2D eigenvalue weighted by molar-refractivity contribution is 0.255. The molecule has 0 saturated carbocycles. The topological polar surface area (TPSA) is 60.2 Å². The Kier molecular flexibility index (Phi) is 3.94. The fraction of sp³-hybridized carbons (Fsp3) is 0.105. The predicted octanol–water partition coefficient (Wildman–Crippen LogP) is 4.37. The molecule has 1 saturated heterocycles. The molecule has 1 atom stereocenters. The van der Waals surface area contributed by atoms with Crippen LogP contribution in [0.2, 0.25) is 5.02 Å². The number of halogens is 2. The molecule has 0 aliphatic carbocycles. The van der Waals surface area contributed by atoms with Crippen LogP contribution in [0.25, 0.3) is 10.8 Å². The molecule has 7 heteroatoms. The summed E-state index contributed by atoms with van der Waals surface area (Å²) in [7, 11) is 0. The molecule has 0 bridgehead atoms. The van der Waals surface area contributed by atoms with Crippen LogP contribution in [-0.4, -0.2) is 23.6 Å². The van der Waals surface area contributed by atoms with E-state index in [9.17, 15) is 14.4 Å². The van der Waals surface area contributed by atoms with E-state index >= 15 is 0 Å². The summed E-state index contributed by atoms with van der Waals surface area (Å²) < 4.78 is 13.4. The number of hydrogen-bond donors (Lipinski definition) is 0. The molecule has 2 aromatic carbocycles. The summed E-state index contributed by atoms with van der Waals surface area (Å²) in [5.74, 6) is -0.561. The first-order valence-electron chi connectivity index (χ1n) is 7.88. The number of nitriles is 1. The summed E-state index contributed by atoms with van der Waals surface area (Å²) in [6.45, 7) is 0.153. The molecular formula is C19H12ClFN4O. The van der Waals surface area contributed by atoms with E-state index in [4.69, 9.17) is 11.6 Å². The van der Waals surface area contributed by atoms with Gasteiger partial charge in [-0.3, -0.25) is 14.8 Å². The van der Waals surface area contributed by atoms with Gasteiger partial charge >= 0.3 is 6.03 Å². The van der Waals surface area contributed by atoms with E-state index in [1.807, 2.05) is 24.3 Å². The van der Waals surface area contributed by atoms with E-state index < -0.39 is 11.9 Å². The monoisotopic (exact) mass is 366 g/mol. The highest BCUT2D eigenvalue weighted by molar-refractivity contribution is 6.31. The van der Waals surface area contributed by atoms with Gasteiger partial charge in [-0.2, -0.15) is 5.26 Å². The Labute approximate surface area is 153 Å². The highest BCUT2D eigenvalue weighted by Crippen LogP contribution is 2.34. The maximum absolute atomic E-state index is 13.4. The van der Waals surface area contributed by atoms with Crippen LogP contribution in [0.4, 0.5) is 20.6 Å². The van der Waals surface area contributed by atoms with E-state index in [1.54, 1.807) is 12.4 Å². The molecule has 5 nitrogen and oxygen atoms in total. The average molecular weight is 367 g/mol. The third-order valence-electron chi connectivity index (χ3n) is 4.37. The SMILES string of the molecule is N#C[C@@H]1CN(c2ccc(F)c(Cl)c2)C(=O)N1c1cncc2ccccc12. The number of anilines is 2. The van der Waals surface area contributed by atoms with Crippen LogP contribution in [-0.2, 0) is 0 Å². The lowest BCUT2D eigenvalue weighted by Gasteiger charge is -2.21. The number of rotatable bonds is 2. The molecule has 2 heterocycles. The molecule has 1 fully saturated rings. The second-order valence-corrected chi connectivity index (χ2v) is 6.29. The molecule has 0 spiro atoms. The second kappa shape index (κ2) is 6.28. The van der Waals surface area contributed by atoms with Gasteiger partial charge in [0, 0.05) is 22.7 Å². The van der Waals surface area contributed by atoms with Crippen molar-refractivity contribution in [2.75, 3.05) is 16.3 Å². The number of fused-ring (bicyclic) bond motifs is 1. The quantitative estimate of drug-likeness (QED) is 0.676. The van der Waals surface area contributed by atoms with E-state index in [0.717, 1.165) is 10.8 Å².